The van der Waals surface area contributed by atoms with E-state index in [0.29, 0.717) is 5.75 Å². The van der Waals surface area contributed by atoms with Crippen molar-refractivity contribution in [2.45, 2.75) is 0 Å². The fourth-order valence-corrected chi connectivity index (χ4v) is 5.73. The van der Waals surface area contributed by atoms with E-state index in [-0.39, 0.29) is 6.61 Å². The van der Waals surface area contributed by atoms with Crippen LogP contribution in [0.5, 0.6) is 5.75 Å². The largest absolute Gasteiger partial charge is 0.482 e. The number of aliphatic carboxylic acids is 1. The second-order valence-electron chi connectivity index (χ2n) is 6.75. The van der Waals surface area contributed by atoms with Gasteiger partial charge in [-0.1, -0.05) is 54.6 Å². The van der Waals surface area contributed by atoms with Crippen LogP contribution in [0.1, 0.15) is 0 Å². The molecule has 0 radical (unpaired) electrons. The van der Waals surface area contributed by atoms with Crippen molar-refractivity contribution < 1.29 is 14.6 Å². The predicted molar refractivity (Wildman–Crippen MR) is 123 cm³/mol. The Labute approximate surface area is 179 Å². The van der Waals surface area contributed by atoms with E-state index in [1.165, 1.54) is 20.2 Å². The summed E-state index contributed by atoms with van der Waals surface area (Å²) in [6.07, 6.45) is 0. The minimum atomic E-state index is -0.990. The second kappa shape index (κ2) is 7.17. The van der Waals surface area contributed by atoms with Crippen molar-refractivity contribution in [2.75, 3.05) is 6.61 Å². The summed E-state index contributed by atoms with van der Waals surface area (Å²) in [6.45, 7) is -0.360. The summed E-state index contributed by atoms with van der Waals surface area (Å²) in [5.74, 6) is -0.444. The molecule has 0 amide bonds. The lowest BCUT2D eigenvalue weighted by molar-refractivity contribution is -0.139. The quantitative estimate of drug-likeness (QED) is 0.309. The first-order valence-corrected chi connectivity index (χ1v) is 10.7. The number of rotatable bonds is 4. The van der Waals surface area contributed by atoms with Crippen LogP contribution in [0.2, 0.25) is 0 Å². The summed E-state index contributed by atoms with van der Waals surface area (Å²) in [7, 11) is 0. The van der Waals surface area contributed by atoms with Crippen molar-refractivity contribution in [3.63, 3.8) is 0 Å². The van der Waals surface area contributed by atoms with Crippen molar-refractivity contribution in [1.82, 2.24) is 0 Å². The molecule has 3 nitrogen and oxygen atoms in total. The van der Waals surface area contributed by atoms with Gasteiger partial charge in [-0.2, -0.15) is 0 Å². The van der Waals surface area contributed by atoms with Crippen LogP contribution in [0.15, 0.2) is 77.3 Å². The minimum absolute atomic E-state index is 0.360. The summed E-state index contributed by atoms with van der Waals surface area (Å²) in [4.78, 5) is 10.9. The smallest absolute Gasteiger partial charge is 0.341 e. The molecule has 1 heterocycles. The average molecular weight is 463 g/mol. The van der Waals surface area contributed by atoms with Crippen LogP contribution in [-0.2, 0) is 4.79 Å². The van der Waals surface area contributed by atoms with E-state index < -0.39 is 5.97 Å². The van der Waals surface area contributed by atoms with Gasteiger partial charge < -0.3 is 9.84 Å². The molecule has 0 bridgehead atoms. The zero-order chi connectivity index (χ0) is 20.0. The second-order valence-corrected chi connectivity index (χ2v) is 8.59. The van der Waals surface area contributed by atoms with Crippen LogP contribution >= 0.6 is 27.3 Å². The summed E-state index contributed by atoms with van der Waals surface area (Å²) in [6, 6.07) is 24.4. The Kier molecular flexibility index (Phi) is 4.49. The zero-order valence-corrected chi connectivity index (χ0v) is 17.6. The molecule has 0 atom stereocenters. The third-order valence-electron chi connectivity index (χ3n) is 4.96. The Hall–Kier alpha value is -2.89. The van der Waals surface area contributed by atoms with Crippen molar-refractivity contribution in [2.24, 2.45) is 0 Å². The number of thiophene rings is 1. The van der Waals surface area contributed by atoms with E-state index in [9.17, 15) is 4.79 Å². The van der Waals surface area contributed by atoms with Gasteiger partial charge in [-0.15, -0.1) is 11.3 Å². The predicted octanol–water partition coefficient (Wildman–Crippen LogP) is 7.10. The third-order valence-corrected chi connectivity index (χ3v) is 7.24. The van der Waals surface area contributed by atoms with E-state index >= 15 is 0 Å². The maximum atomic E-state index is 10.9. The number of hydrogen-bond acceptors (Lipinski definition) is 3. The molecule has 0 aliphatic carbocycles. The van der Waals surface area contributed by atoms with E-state index in [1.807, 2.05) is 24.3 Å². The molecule has 0 unspecified atom stereocenters. The molecule has 0 saturated heterocycles. The highest BCUT2D eigenvalue weighted by Gasteiger charge is 2.18. The van der Waals surface area contributed by atoms with Gasteiger partial charge >= 0.3 is 5.97 Å². The third kappa shape index (κ3) is 3.07. The minimum Gasteiger partial charge on any atom is -0.482 e. The molecule has 1 aromatic heterocycles. The summed E-state index contributed by atoms with van der Waals surface area (Å²) >= 11 is 5.62. The highest BCUT2D eigenvalue weighted by molar-refractivity contribution is 9.11. The standard InChI is InChI=1S/C24H15BrO3S/c25-23-17-9-2-1-8-16(17)21(14-6-5-7-15(12-14)28-13-20(26)27)22-18-10-3-4-11-19(18)29-24(22)23/h1-12H,13H2,(H,26,27). The first-order valence-electron chi connectivity index (χ1n) is 9.10. The number of ether oxygens (including phenoxy) is 1. The normalized spacial score (nSPS) is 11.3. The van der Waals surface area contributed by atoms with Crippen LogP contribution in [0, 0.1) is 0 Å². The average Bonchev–Trinajstić information content (AvgIpc) is 3.13. The fourth-order valence-electron chi connectivity index (χ4n) is 3.78. The molecule has 0 saturated carbocycles. The van der Waals surface area contributed by atoms with Crippen molar-refractivity contribution >= 4 is 64.2 Å². The summed E-state index contributed by atoms with van der Waals surface area (Å²) < 4.78 is 8.98. The molecular formula is C24H15BrO3S. The number of hydrogen-bond donors (Lipinski definition) is 1. The topological polar surface area (TPSA) is 46.5 Å². The Morgan fingerprint density at radius 2 is 1.66 bits per heavy atom. The first kappa shape index (κ1) is 18.2. The number of fused-ring (bicyclic) bond motifs is 4. The van der Waals surface area contributed by atoms with Gasteiger partial charge in [0.2, 0.25) is 0 Å². The Bertz CT molecular complexity index is 1400. The van der Waals surface area contributed by atoms with Gasteiger partial charge in [0.05, 0.1) is 4.70 Å². The van der Waals surface area contributed by atoms with E-state index in [4.69, 9.17) is 9.84 Å². The molecule has 0 aliphatic heterocycles. The van der Waals surface area contributed by atoms with Gasteiger partial charge in [0.1, 0.15) is 5.75 Å². The molecule has 0 aliphatic rings. The van der Waals surface area contributed by atoms with E-state index in [0.717, 1.165) is 26.4 Å². The molecule has 1 N–H and O–H groups in total. The highest BCUT2D eigenvalue weighted by atomic mass is 79.9. The number of carboxylic acids is 1. The molecular weight excluding hydrogens is 448 g/mol. The summed E-state index contributed by atoms with van der Waals surface area (Å²) in [5, 5.41) is 13.6. The molecule has 5 aromatic rings. The first-order chi connectivity index (χ1) is 14.1. The number of carbonyl (C=O) groups is 1. The van der Waals surface area contributed by atoms with Crippen molar-refractivity contribution in [3.8, 4) is 16.9 Å². The molecule has 4 aromatic carbocycles. The Morgan fingerprint density at radius 3 is 2.45 bits per heavy atom. The van der Waals surface area contributed by atoms with Crippen LogP contribution in [0.25, 0.3) is 42.1 Å². The van der Waals surface area contributed by atoms with Gasteiger partial charge in [-0.05, 0) is 56.0 Å². The lowest BCUT2D eigenvalue weighted by Crippen LogP contribution is -2.09. The lowest BCUT2D eigenvalue weighted by Gasteiger charge is -2.13. The number of carboxylic acid groups (broad SMARTS) is 1. The van der Waals surface area contributed by atoms with Gasteiger partial charge in [-0.25, -0.2) is 4.79 Å². The maximum absolute atomic E-state index is 10.9. The lowest BCUT2D eigenvalue weighted by atomic mass is 9.93. The van der Waals surface area contributed by atoms with Crippen LogP contribution < -0.4 is 4.74 Å². The van der Waals surface area contributed by atoms with Gasteiger partial charge in [-0.3, -0.25) is 0 Å². The van der Waals surface area contributed by atoms with Crippen molar-refractivity contribution in [1.29, 1.82) is 0 Å². The van der Waals surface area contributed by atoms with Crippen molar-refractivity contribution in [3.05, 3.63) is 77.3 Å². The molecule has 0 fully saturated rings. The number of benzene rings is 4. The number of halogens is 1. The van der Waals surface area contributed by atoms with Gasteiger partial charge in [0.15, 0.2) is 6.61 Å². The molecule has 5 heteroatoms. The van der Waals surface area contributed by atoms with Crippen LogP contribution in [0.4, 0.5) is 0 Å². The Balaban J connectivity index is 1.88. The Morgan fingerprint density at radius 1 is 0.931 bits per heavy atom. The van der Waals surface area contributed by atoms with E-state index in [2.05, 4.69) is 58.4 Å². The summed E-state index contributed by atoms with van der Waals surface area (Å²) in [5.41, 5.74) is 2.14. The van der Waals surface area contributed by atoms with Gasteiger partial charge in [0, 0.05) is 19.9 Å². The highest BCUT2D eigenvalue weighted by Crippen LogP contribution is 2.48. The monoisotopic (exact) mass is 462 g/mol. The maximum Gasteiger partial charge on any atom is 0.341 e. The SMILES string of the molecule is O=C(O)COc1cccc(-c2c3ccccc3c(Br)c3sc4ccccc4c23)c1. The van der Waals surface area contributed by atoms with Crippen LogP contribution in [-0.4, -0.2) is 17.7 Å². The molecule has 0 spiro atoms. The van der Waals surface area contributed by atoms with Crippen LogP contribution in [0.3, 0.4) is 0 Å². The molecule has 142 valence electrons. The fraction of sp³-hybridized carbons (Fsp3) is 0.0417. The zero-order valence-electron chi connectivity index (χ0n) is 15.2. The van der Waals surface area contributed by atoms with Gasteiger partial charge in [0.25, 0.3) is 0 Å². The molecule has 29 heavy (non-hydrogen) atoms. The van der Waals surface area contributed by atoms with E-state index in [1.54, 1.807) is 17.4 Å². The molecule has 5 rings (SSSR count).